The van der Waals surface area contributed by atoms with Gasteiger partial charge in [0.2, 0.25) is 0 Å². The quantitative estimate of drug-likeness (QED) is 0.845. The van der Waals surface area contributed by atoms with Gasteiger partial charge in [-0.05, 0) is 5.56 Å². The van der Waals surface area contributed by atoms with Crippen LogP contribution in [0, 0.1) is 0 Å². The van der Waals surface area contributed by atoms with E-state index in [0.29, 0.717) is 19.3 Å². The topological polar surface area (TPSA) is 30.5 Å². The Morgan fingerprint density at radius 2 is 1.81 bits per heavy atom. The molecule has 1 aromatic rings. The molecular formula is C13H19NO2. The fourth-order valence-electron chi connectivity index (χ4n) is 1.67. The molecule has 1 aliphatic rings. The van der Waals surface area contributed by atoms with Crippen molar-refractivity contribution in [3.8, 4) is 0 Å². The number of hydrogen-bond donors (Lipinski definition) is 1. The van der Waals surface area contributed by atoms with Crippen molar-refractivity contribution in [2.24, 2.45) is 0 Å². The van der Waals surface area contributed by atoms with Gasteiger partial charge in [0.1, 0.15) is 0 Å². The highest BCUT2D eigenvalue weighted by molar-refractivity contribution is 5.23. The largest absolute Gasteiger partial charge is 0.346 e. The van der Waals surface area contributed by atoms with E-state index in [0.717, 1.165) is 12.1 Å². The summed E-state index contributed by atoms with van der Waals surface area (Å²) in [6, 6.07) is 8.91. The minimum atomic E-state index is -0.160. The van der Waals surface area contributed by atoms with Crippen molar-refractivity contribution < 1.29 is 9.47 Å². The van der Waals surface area contributed by atoms with Gasteiger partial charge in [-0.2, -0.15) is 0 Å². The van der Waals surface area contributed by atoms with E-state index in [4.69, 9.17) is 9.47 Å². The highest BCUT2D eigenvalue weighted by Crippen LogP contribution is 2.23. The van der Waals surface area contributed by atoms with Gasteiger partial charge in [0.25, 0.3) is 0 Å². The Labute approximate surface area is 96.8 Å². The van der Waals surface area contributed by atoms with Crippen LogP contribution in [0.5, 0.6) is 0 Å². The Hall–Kier alpha value is -0.900. The molecule has 2 rings (SSSR count). The molecule has 1 heterocycles. The second kappa shape index (κ2) is 5.43. The summed E-state index contributed by atoms with van der Waals surface area (Å²) in [6.07, 6.45) is -0.160. The lowest BCUT2D eigenvalue weighted by molar-refractivity contribution is -0.0441. The maximum absolute atomic E-state index is 5.44. The van der Waals surface area contributed by atoms with E-state index in [-0.39, 0.29) is 6.29 Å². The summed E-state index contributed by atoms with van der Waals surface area (Å²) in [7, 11) is 0. The van der Waals surface area contributed by atoms with Gasteiger partial charge in [-0.3, -0.25) is 0 Å². The average Bonchev–Trinajstić information content (AvgIpc) is 2.80. The lowest BCUT2D eigenvalue weighted by Gasteiger charge is -2.11. The molecule has 0 aliphatic carbocycles. The average molecular weight is 221 g/mol. The molecule has 0 bridgehead atoms. The zero-order valence-electron chi connectivity index (χ0n) is 9.90. The smallest absolute Gasteiger partial charge is 0.184 e. The summed E-state index contributed by atoms with van der Waals surface area (Å²) in [5.41, 5.74) is 2.39. The van der Waals surface area contributed by atoms with Gasteiger partial charge in [0.15, 0.2) is 6.29 Å². The molecule has 0 spiro atoms. The van der Waals surface area contributed by atoms with Crippen LogP contribution < -0.4 is 5.32 Å². The summed E-state index contributed by atoms with van der Waals surface area (Å²) in [5, 5.41) is 3.39. The number of ether oxygens (including phenoxy) is 2. The van der Waals surface area contributed by atoms with Crippen molar-refractivity contribution in [3.63, 3.8) is 0 Å². The van der Waals surface area contributed by atoms with E-state index in [1.54, 1.807) is 0 Å². The molecule has 0 saturated carbocycles. The molecule has 1 saturated heterocycles. The van der Waals surface area contributed by atoms with Crippen LogP contribution in [0.25, 0.3) is 0 Å². The van der Waals surface area contributed by atoms with Crippen LogP contribution in [0.4, 0.5) is 0 Å². The van der Waals surface area contributed by atoms with Crippen LogP contribution in [0.3, 0.4) is 0 Å². The van der Waals surface area contributed by atoms with Crippen LogP contribution in [0.15, 0.2) is 24.3 Å². The van der Waals surface area contributed by atoms with Crippen molar-refractivity contribution in [1.29, 1.82) is 0 Å². The number of benzene rings is 1. The van der Waals surface area contributed by atoms with Gasteiger partial charge in [0.05, 0.1) is 13.2 Å². The highest BCUT2D eigenvalue weighted by Gasteiger charge is 2.17. The van der Waals surface area contributed by atoms with Gasteiger partial charge in [0, 0.05) is 18.2 Å². The van der Waals surface area contributed by atoms with Crippen LogP contribution in [0.2, 0.25) is 0 Å². The standard InChI is InChI=1S/C13H19NO2/c1-10(2)14-9-11-3-5-12(6-4-11)13-15-7-8-16-13/h3-6,10,13-14H,7-9H2,1-2H3. The summed E-state index contributed by atoms with van der Waals surface area (Å²) in [6.45, 7) is 6.59. The predicted octanol–water partition coefficient (Wildman–Crippen LogP) is 2.23. The third kappa shape index (κ3) is 3.04. The van der Waals surface area contributed by atoms with Crippen molar-refractivity contribution >= 4 is 0 Å². The minimum absolute atomic E-state index is 0.160. The van der Waals surface area contributed by atoms with Crippen molar-refractivity contribution in [2.75, 3.05) is 13.2 Å². The van der Waals surface area contributed by atoms with Crippen LogP contribution in [-0.2, 0) is 16.0 Å². The summed E-state index contributed by atoms with van der Waals surface area (Å²) in [5.74, 6) is 0. The lowest BCUT2D eigenvalue weighted by atomic mass is 10.1. The third-order valence-corrected chi connectivity index (χ3v) is 2.59. The normalized spacial score (nSPS) is 17.2. The van der Waals surface area contributed by atoms with E-state index in [1.807, 2.05) is 0 Å². The monoisotopic (exact) mass is 221 g/mol. The molecule has 1 aliphatic heterocycles. The van der Waals surface area contributed by atoms with Crippen molar-refractivity contribution in [3.05, 3.63) is 35.4 Å². The first-order valence-electron chi connectivity index (χ1n) is 5.81. The maximum Gasteiger partial charge on any atom is 0.184 e. The maximum atomic E-state index is 5.44. The van der Waals surface area contributed by atoms with E-state index in [9.17, 15) is 0 Å². The summed E-state index contributed by atoms with van der Waals surface area (Å²) >= 11 is 0. The molecule has 0 radical (unpaired) electrons. The highest BCUT2D eigenvalue weighted by atomic mass is 16.7. The van der Waals surface area contributed by atoms with Crippen molar-refractivity contribution in [1.82, 2.24) is 5.32 Å². The first-order chi connectivity index (χ1) is 7.75. The van der Waals surface area contributed by atoms with E-state index < -0.39 is 0 Å². The third-order valence-electron chi connectivity index (χ3n) is 2.59. The van der Waals surface area contributed by atoms with Gasteiger partial charge in [-0.25, -0.2) is 0 Å². The molecule has 1 fully saturated rings. The Balaban J connectivity index is 1.93. The van der Waals surface area contributed by atoms with Crippen molar-refractivity contribution in [2.45, 2.75) is 32.7 Å². The molecule has 0 aromatic heterocycles. The predicted molar refractivity (Wildman–Crippen MR) is 63.1 cm³/mol. The first kappa shape index (κ1) is 11.6. The minimum Gasteiger partial charge on any atom is -0.346 e. The number of hydrogen-bond acceptors (Lipinski definition) is 3. The van der Waals surface area contributed by atoms with E-state index in [1.165, 1.54) is 5.56 Å². The fraction of sp³-hybridized carbons (Fsp3) is 0.538. The fourth-order valence-corrected chi connectivity index (χ4v) is 1.67. The molecule has 1 aromatic carbocycles. The molecule has 16 heavy (non-hydrogen) atoms. The molecular weight excluding hydrogens is 202 g/mol. The van der Waals surface area contributed by atoms with Crippen LogP contribution >= 0.6 is 0 Å². The molecule has 0 unspecified atom stereocenters. The molecule has 0 amide bonds. The van der Waals surface area contributed by atoms with Gasteiger partial charge in [-0.15, -0.1) is 0 Å². The molecule has 3 nitrogen and oxygen atoms in total. The first-order valence-corrected chi connectivity index (χ1v) is 5.81. The van der Waals surface area contributed by atoms with Gasteiger partial charge < -0.3 is 14.8 Å². The number of rotatable bonds is 4. The molecule has 0 atom stereocenters. The second-order valence-electron chi connectivity index (χ2n) is 4.35. The lowest BCUT2D eigenvalue weighted by Crippen LogP contribution is -2.21. The van der Waals surface area contributed by atoms with E-state index >= 15 is 0 Å². The van der Waals surface area contributed by atoms with E-state index in [2.05, 4.69) is 43.4 Å². The zero-order valence-corrected chi connectivity index (χ0v) is 9.90. The van der Waals surface area contributed by atoms with Crippen LogP contribution in [0.1, 0.15) is 31.3 Å². The SMILES string of the molecule is CC(C)NCc1ccc(C2OCCO2)cc1. The van der Waals surface area contributed by atoms with Crippen LogP contribution in [-0.4, -0.2) is 19.3 Å². The Bertz CT molecular complexity index is 315. The Morgan fingerprint density at radius 1 is 1.19 bits per heavy atom. The molecule has 1 N–H and O–H groups in total. The molecule has 88 valence electrons. The Kier molecular flexibility index (Phi) is 3.93. The second-order valence-corrected chi connectivity index (χ2v) is 4.35. The Morgan fingerprint density at radius 3 is 2.38 bits per heavy atom. The zero-order chi connectivity index (χ0) is 11.4. The summed E-state index contributed by atoms with van der Waals surface area (Å²) in [4.78, 5) is 0. The van der Waals surface area contributed by atoms with Gasteiger partial charge in [-0.1, -0.05) is 38.1 Å². The summed E-state index contributed by atoms with van der Waals surface area (Å²) < 4.78 is 10.9. The molecule has 3 heteroatoms. The van der Waals surface area contributed by atoms with Gasteiger partial charge >= 0.3 is 0 Å². The number of nitrogens with one attached hydrogen (secondary N) is 1.